The second kappa shape index (κ2) is 62.9. The zero-order valence-electron chi connectivity index (χ0n) is 72.7. The predicted molar refractivity (Wildman–Crippen MR) is 473 cm³/mol. The molecule has 0 amide bonds. The van der Waals surface area contributed by atoms with Crippen LogP contribution in [-0.2, 0) is 0 Å². The van der Waals surface area contributed by atoms with Gasteiger partial charge in [0.05, 0.1) is 75.6 Å². The van der Waals surface area contributed by atoms with Crippen molar-refractivity contribution < 1.29 is 37.9 Å². The van der Waals surface area contributed by atoms with Gasteiger partial charge in [0.15, 0.2) is 0 Å². The van der Waals surface area contributed by atoms with Gasteiger partial charge in [-0.2, -0.15) is 0 Å². The van der Waals surface area contributed by atoms with E-state index < -0.39 is 0 Å². The summed E-state index contributed by atoms with van der Waals surface area (Å²) in [6.07, 6.45) is 43.2. The summed E-state index contributed by atoms with van der Waals surface area (Å²) in [5, 5.41) is 34.0. The molecule has 16 heteroatoms. The molecule has 0 aliphatic carbocycles. The molecule has 4 aromatic heterocycles. The molecule has 0 saturated heterocycles. The molecule has 8 aromatic rings. The summed E-state index contributed by atoms with van der Waals surface area (Å²) in [6, 6.07) is 47.6. The molecule has 4 atom stereocenters. The number of ether oxygens (including phenoxy) is 8. The summed E-state index contributed by atoms with van der Waals surface area (Å²) in [4.78, 5) is 0. The number of aromatic nitrogens is 8. The highest BCUT2D eigenvalue weighted by atomic mass is 16.5. The highest BCUT2D eigenvalue weighted by molar-refractivity contribution is 5.62. The second-order valence-electron chi connectivity index (χ2n) is 31.0. The van der Waals surface area contributed by atoms with Gasteiger partial charge in [0.25, 0.3) is 0 Å². The molecule has 0 saturated carbocycles. The first-order chi connectivity index (χ1) is 55.9. The maximum absolute atomic E-state index is 5.81. The Kier molecular flexibility index (Phi) is 53.1. The van der Waals surface area contributed by atoms with Crippen molar-refractivity contribution in [2.24, 2.45) is 23.7 Å². The van der Waals surface area contributed by atoms with Crippen molar-refractivity contribution in [2.45, 2.75) is 301 Å². The fourth-order valence-electron chi connectivity index (χ4n) is 11.8. The fraction of sp³-hybridized carbons (Fsp3) is 0.592. The Morgan fingerprint density at radius 3 is 0.526 bits per heavy atom. The van der Waals surface area contributed by atoms with Crippen molar-refractivity contribution in [3.8, 4) is 91.5 Å². The van der Waals surface area contributed by atoms with E-state index in [0.29, 0.717) is 73.6 Å². The van der Waals surface area contributed by atoms with Gasteiger partial charge in [-0.3, -0.25) is 0 Å². The minimum Gasteiger partial charge on any atom is -0.493 e. The van der Waals surface area contributed by atoms with Crippen molar-refractivity contribution in [3.05, 3.63) is 146 Å². The van der Waals surface area contributed by atoms with Crippen molar-refractivity contribution in [1.29, 1.82) is 0 Å². The van der Waals surface area contributed by atoms with Crippen LogP contribution in [0.2, 0.25) is 0 Å². The van der Waals surface area contributed by atoms with Crippen LogP contribution in [0.15, 0.2) is 146 Å². The number of rotatable bonds is 58. The van der Waals surface area contributed by atoms with Crippen molar-refractivity contribution >= 4 is 0 Å². The molecule has 0 aliphatic rings. The predicted octanol–water partition coefficient (Wildman–Crippen LogP) is 27.6. The Morgan fingerprint density at radius 1 is 0.193 bits per heavy atom. The first-order valence-electron chi connectivity index (χ1n) is 44.7. The molecule has 0 bridgehead atoms. The summed E-state index contributed by atoms with van der Waals surface area (Å²) >= 11 is 0. The third-order valence-corrected chi connectivity index (χ3v) is 20.6. The van der Waals surface area contributed by atoms with Crippen molar-refractivity contribution in [1.82, 2.24) is 40.8 Å². The van der Waals surface area contributed by atoms with E-state index in [4.69, 9.17) is 37.9 Å². The number of hydrogen-bond donors (Lipinski definition) is 0. The maximum Gasteiger partial charge on any atom is 0.233 e. The van der Waals surface area contributed by atoms with Crippen LogP contribution in [0, 0.1) is 23.7 Å². The van der Waals surface area contributed by atoms with E-state index in [1.165, 1.54) is 167 Å². The zero-order valence-corrected chi connectivity index (χ0v) is 72.7. The monoisotopic (exact) mass is 1570 g/mol. The second-order valence-corrected chi connectivity index (χ2v) is 31.0. The Morgan fingerprint density at radius 2 is 0.368 bits per heavy atom. The normalized spacial score (nSPS) is 12.0. The minimum atomic E-state index is 0.568. The maximum atomic E-state index is 5.81. The Bertz CT molecular complexity index is 3540. The van der Waals surface area contributed by atoms with Crippen LogP contribution >= 0.6 is 0 Å². The highest BCUT2D eigenvalue weighted by Gasteiger charge is 2.11. The molecule has 4 heterocycles. The third-order valence-electron chi connectivity index (χ3n) is 20.6. The Hall–Kier alpha value is -8.40. The standard InChI is InChI=1S/C26H40N2O2.C25H38N2O2.C24H36N2O2.C23H34N2O2/c1-4-6-7-8-9-10-11-12-13-20-29-26-19-18-25(27-28-26)23-14-16-24(17-15-23)30-21-22(3)5-2;1-4-6-7-8-9-10-11-12-19-28-25-18-17-24(26-27-25)22-13-15-23(16-14-22)29-20-21(3)5-2;1-4-6-7-8-9-10-11-18-27-24-17-16-23(25-26-24)21-12-14-22(15-13-21)28-19-20(3)5-2;1-4-6-7-8-9-10-17-26-23-16-15-22(24-25-23)20-11-13-21(14-12-20)27-18-19(3)5-2/h14-19,22H,4-13,20-21H2,1-3H3;13-18,21H,4-12,19-20H2,1-3H3;12-17,20H,4-11,18-19H2,1-3H3;11-16,19H,4-10,17-18H2,1-3H3. The van der Waals surface area contributed by atoms with Gasteiger partial charge >= 0.3 is 0 Å². The van der Waals surface area contributed by atoms with Gasteiger partial charge in [0, 0.05) is 46.5 Å². The van der Waals surface area contributed by atoms with Gasteiger partial charge in [-0.1, -0.05) is 276 Å². The SMILES string of the molecule is CCCCCCCCCCCOc1ccc(-c2ccc(OCC(C)CC)cc2)nn1.CCCCCCCCCCOc1ccc(-c2ccc(OCC(C)CC)cc2)nn1.CCCCCCCCCOc1ccc(-c2ccc(OCC(C)CC)cc2)nn1.CCCCCCCCOc1ccc(-c2ccc(OCC(C)CC)cc2)nn1. The number of benzene rings is 4. The van der Waals surface area contributed by atoms with Crippen LogP contribution in [0.4, 0.5) is 0 Å². The number of nitrogens with zero attached hydrogens (tertiary/aromatic N) is 8. The van der Waals surface area contributed by atoms with Crippen molar-refractivity contribution in [3.63, 3.8) is 0 Å². The molecule has 0 radical (unpaired) electrons. The molecule has 16 nitrogen and oxygen atoms in total. The summed E-state index contributed by atoms with van der Waals surface area (Å²) in [5.41, 5.74) is 7.50. The Balaban J connectivity index is 0.000000272. The van der Waals surface area contributed by atoms with E-state index in [-0.39, 0.29) is 0 Å². The van der Waals surface area contributed by atoms with Crippen molar-refractivity contribution in [2.75, 3.05) is 52.9 Å². The molecule has 4 unspecified atom stereocenters. The average Bonchev–Trinajstić information content (AvgIpc) is 0.872. The van der Waals surface area contributed by atoms with E-state index in [1.807, 2.05) is 146 Å². The van der Waals surface area contributed by atoms with Crippen LogP contribution in [0.3, 0.4) is 0 Å². The molecule has 114 heavy (non-hydrogen) atoms. The lowest BCUT2D eigenvalue weighted by molar-refractivity contribution is 0.256. The lowest BCUT2D eigenvalue weighted by Gasteiger charge is -2.11. The molecule has 0 fully saturated rings. The molecule has 628 valence electrons. The van der Waals surface area contributed by atoms with Crippen LogP contribution < -0.4 is 37.9 Å². The van der Waals surface area contributed by atoms with Gasteiger partial charge in [0.1, 0.15) is 23.0 Å². The van der Waals surface area contributed by atoms with Crippen LogP contribution in [0.5, 0.6) is 46.5 Å². The van der Waals surface area contributed by atoms with Gasteiger partial charge in [-0.25, -0.2) is 0 Å². The van der Waals surface area contributed by atoms with Gasteiger partial charge in [-0.15, -0.1) is 40.8 Å². The van der Waals surface area contributed by atoms with Gasteiger partial charge in [-0.05, 0) is 171 Å². The first-order valence-corrected chi connectivity index (χ1v) is 44.7. The summed E-state index contributed by atoms with van der Waals surface area (Å²) in [6.45, 7) is 32.4. The average molecular weight is 1570 g/mol. The number of unbranched alkanes of at least 4 members (excludes halogenated alkanes) is 26. The molecule has 0 N–H and O–H groups in total. The minimum absolute atomic E-state index is 0.568. The van der Waals surface area contributed by atoms with E-state index in [1.54, 1.807) is 0 Å². The van der Waals surface area contributed by atoms with Crippen LogP contribution in [0.1, 0.15) is 301 Å². The highest BCUT2D eigenvalue weighted by Crippen LogP contribution is 2.28. The van der Waals surface area contributed by atoms with E-state index in [2.05, 4.69) is 124 Å². The lowest BCUT2D eigenvalue weighted by Crippen LogP contribution is -2.07. The van der Waals surface area contributed by atoms with E-state index >= 15 is 0 Å². The topological polar surface area (TPSA) is 177 Å². The smallest absolute Gasteiger partial charge is 0.233 e. The summed E-state index contributed by atoms with van der Waals surface area (Å²) in [5.74, 6) is 8.26. The molecular formula is C98H148N8O8. The van der Waals surface area contributed by atoms with E-state index in [9.17, 15) is 0 Å². The molecule has 0 spiro atoms. The quantitative estimate of drug-likeness (QED) is 0.0329. The molecule has 8 rings (SSSR count). The summed E-state index contributed by atoms with van der Waals surface area (Å²) < 4.78 is 46.1. The zero-order chi connectivity index (χ0) is 81.5. The van der Waals surface area contributed by atoms with Crippen LogP contribution in [0.25, 0.3) is 45.0 Å². The molecular weight excluding hydrogens is 1420 g/mol. The van der Waals surface area contributed by atoms with E-state index in [0.717, 1.165) is 146 Å². The molecule has 4 aromatic carbocycles. The Labute approximate surface area is 690 Å². The number of hydrogen-bond acceptors (Lipinski definition) is 16. The first kappa shape index (κ1) is 96.2. The van der Waals surface area contributed by atoms with Gasteiger partial charge < -0.3 is 37.9 Å². The van der Waals surface area contributed by atoms with Crippen LogP contribution in [-0.4, -0.2) is 93.6 Å². The lowest BCUT2D eigenvalue weighted by atomic mass is 10.1. The largest absolute Gasteiger partial charge is 0.493 e. The third kappa shape index (κ3) is 43.9. The van der Waals surface area contributed by atoms with Gasteiger partial charge in [0.2, 0.25) is 23.5 Å². The molecule has 0 aliphatic heterocycles. The summed E-state index contributed by atoms with van der Waals surface area (Å²) in [7, 11) is 0. The fourth-order valence-corrected chi connectivity index (χ4v) is 11.8.